The van der Waals surface area contributed by atoms with Crippen LogP contribution in [0.25, 0.3) is 16.6 Å². The maximum atomic E-state index is 12.8. The number of carbonyl (C=O) groups excluding carboxylic acids is 1. The van der Waals surface area contributed by atoms with Crippen LogP contribution in [0, 0.1) is 11.3 Å². The molecule has 2 bridgehead atoms. The predicted octanol–water partition coefficient (Wildman–Crippen LogP) is 4.01. The second-order valence-corrected chi connectivity index (χ2v) is 11.7. The first-order chi connectivity index (χ1) is 17.9. The van der Waals surface area contributed by atoms with Crippen molar-refractivity contribution in [3.8, 4) is 22.9 Å². The number of amides is 1. The number of fused-ring (bicyclic) bond motifs is 3. The number of carbonyl (C=O) groups is 1. The summed E-state index contributed by atoms with van der Waals surface area (Å²) in [4.78, 5) is 21.7. The molecular formula is C28H34N6O4. The third kappa shape index (κ3) is 5.38. The SMILES string of the molecule is CC(C)(O)COc1cc(-c2ccc(N3CC4CCC(C3)N4C(=O)OC(C)(C)C)nc2)c2cc(C#N)nn2c1. The number of rotatable bonds is 5. The molecule has 2 aliphatic heterocycles. The molecule has 2 unspecified atom stereocenters. The van der Waals surface area contributed by atoms with Gasteiger partial charge in [0.1, 0.15) is 29.8 Å². The van der Waals surface area contributed by atoms with E-state index in [1.54, 1.807) is 30.6 Å². The molecule has 0 saturated carbocycles. The summed E-state index contributed by atoms with van der Waals surface area (Å²) in [6.07, 6.45) is 5.19. The van der Waals surface area contributed by atoms with Gasteiger partial charge in [-0.1, -0.05) is 0 Å². The number of hydrogen-bond acceptors (Lipinski definition) is 8. The lowest BCUT2D eigenvalue weighted by atomic mass is 10.1. The number of hydrogen-bond donors (Lipinski definition) is 1. The third-order valence-electron chi connectivity index (χ3n) is 6.72. The van der Waals surface area contributed by atoms with E-state index in [0.717, 1.165) is 35.3 Å². The molecule has 10 nitrogen and oxygen atoms in total. The Morgan fingerprint density at radius 2 is 1.87 bits per heavy atom. The van der Waals surface area contributed by atoms with Crippen LogP contribution < -0.4 is 9.64 Å². The second-order valence-electron chi connectivity index (χ2n) is 11.7. The van der Waals surface area contributed by atoms with E-state index in [0.29, 0.717) is 24.5 Å². The van der Waals surface area contributed by atoms with Crippen molar-refractivity contribution in [3.63, 3.8) is 0 Å². The Bertz CT molecular complexity index is 1370. The average molecular weight is 519 g/mol. The molecule has 1 amide bonds. The lowest BCUT2D eigenvalue weighted by Crippen LogP contribution is -2.57. The highest BCUT2D eigenvalue weighted by molar-refractivity contribution is 5.82. The Balaban J connectivity index is 1.38. The van der Waals surface area contributed by atoms with Crippen LogP contribution in [0.5, 0.6) is 5.75 Å². The monoisotopic (exact) mass is 518 g/mol. The molecule has 10 heteroatoms. The van der Waals surface area contributed by atoms with Crippen LogP contribution in [-0.2, 0) is 4.74 Å². The molecule has 200 valence electrons. The Labute approximate surface area is 222 Å². The van der Waals surface area contributed by atoms with Gasteiger partial charge in [-0.3, -0.25) is 4.90 Å². The summed E-state index contributed by atoms with van der Waals surface area (Å²) in [7, 11) is 0. The van der Waals surface area contributed by atoms with E-state index in [4.69, 9.17) is 14.5 Å². The van der Waals surface area contributed by atoms with Gasteiger partial charge in [0.2, 0.25) is 0 Å². The van der Waals surface area contributed by atoms with Crippen molar-refractivity contribution in [2.45, 2.75) is 70.7 Å². The number of piperazine rings is 1. The number of nitriles is 1. The third-order valence-corrected chi connectivity index (χ3v) is 6.72. The van der Waals surface area contributed by atoms with Gasteiger partial charge in [0, 0.05) is 36.5 Å². The van der Waals surface area contributed by atoms with Gasteiger partial charge >= 0.3 is 6.09 Å². The lowest BCUT2D eigenvalue weighted by Gasteiger charge is -2.41. The molecule has 0 aliphatic carbocycles. The smallest absolute Gasteiger partial charge is 0.410 e. The van der Waals surface area contributed by atoms with Crippen LogP contribution in [0.4, 0.5) is 10.6 Å². The first kappa shape index (κ1) is 25.8. The van der Waals surface area contributed by atoms with Crippen molar-refractivity contribution in [2.24, 2.45) is 0 Å². The zero-order valence-corrected chi connectivity index (χ0v) is 22.5. The predicted molar refractivity (Wildman–Crippen MR) is 142 cm³/mol. The highest BCUT2D eigenvalue weighted by Crippen LogP contribution is 2.35. The van der Waals surface area contributed by atoms with E-state index in [2.05, 4.69) is 16.1 Å². The molecule has 1 N–H and O–H groups in total. The summed E-state index contributed by atoms with van der Waals surface area (Å²) in [5, 5.41) is 23.8. The molecule has 2 fully saturated rings. The van der Waals surface area contributed by atoms with Crippen LogP contribution in [0.3, 0.4) is 0 Å². The van der Waals surface area contributed by atoms with Crippen molar-refractivity contribution in [1.29, 1.82) is 5.26 Å². The fraction of sp³-hybridized carbons (Fsp3) is 0.500. The number of nitrogens with zero attached hydrogens (tertiary/aromatic N) is 6. The lowest BCUT2D eigenvalue weighted by molar-refractivity contribution is 0.0122. The standard InChI is InChI=1S/C28H34N6O4/c1-27(2,3)38-26(35)34-20-7-8-21(34)15-32(14-20)25-9-6-18(13-30-25)23-11-22(37-17-28(4,5)36)16-33-24(23)10-19(12-29)31-33/h6,9-11,13,16,20-21,36H,7-8,14-15,17H2,1-5H3. The molecule has 2 aliphatic rings. The molecule has 3 aromatic heterocycles. The van der Waals surface area contributed by atoms with Gasteiger partial charge in [-0.25, -0.2) is 14.3 Å². The maximum absolute atomic E-state index is 12.8. The highest BCUT2D eigenvalue weighted by Gasteiger charge is 2.44. The topological polar surface area (TPSA) is 116 Å². The molecule has 0 aromatic carbocycles. The number of pyridine rings is 2. The minimum absolute atomic E-state index is 0.102. The van der Waals surface area contributed by atoms with E-state index in [9.17, 15) is 15.2 Å². The number of ether oxygens (including phenoxy) is 2. The van der Waals surface area contributed by atoms with Crippen molar-refractivity contribution < 1.29 is 19.4 Å². The zero-order chi connectivity index (χ0) is 27.2. The van der Waals surface area contributed by atoms with E-state index in [1.165, 1.54) is 0 Å². The first-order valence-electron chi connectivity index (χ1n) is 12.9. The molecular weight excluding hydrogens is 484 g/mol. The maximum Gasteiger partial charge on any atom is 0.410 e. The summed E-state index contributed by atoms with van der Waals surface area (Å²) in [5.74, 6) is 1.38. The molecule has 2 saturated heterocycles. The van der Waals surface area contributed by atoms with Crippen LogP contribution in [0.1, 0.15) is 53.2 Å². The van der Waals surface area contributed by atoms with Gasteiger partial charge in [0.15, 0.2) is 5.69 Å². The summed E-state index contributed by atoms with van der Waals surface area (Å²) in [6.45, 7) is 10.6. The molecule has 2 atom stereocenters. The highest BCUT2D eigenvalue weighted by atomic mass is 16.6. The van der Waals surface area contributed by atoms with E-state index in [-0.39, 0.29) is 24.8 Å². The molecule has 38 heavy (non-hydrogen) atoms. The fourth-order valence-corrected chi connectivity index (χ4v) is 5.13. The molecule has 5 heterocycles. The van der Waals surface area contributed by atoms with Crippen molar-refractivity contribution in [2.75, 3.05) is 24.6 Å². The molecule has 5 rings (SSSR count). The molecule has 0 radical (unpaired) electrons. The van der Waals surface area contributed by atoms with E-state index in [1.807, 2.05) is 50.1 Å². The van der Waals surface area contributed by atoms with Crippen LogP contribution in [0.2, 0.25) is 0 Å². The Morgan fingerprint density at radius 3 is 2.45 bits per heavy atom. The Kier molecular flexibility index (Phi) is 6.43. The largest absolute Gasteiger partial charge is 0.489 e. The van der Waals surface area contributed by atoms with Gasteiger partial charge in [0.25, 0.3) is 0 Å². The molecule has 3 aromatic rings. The number of aromatic nitrogens is 3. The van der Waals surface area contributed by atoms with Gasteiger partial charge < -0.3 is 19.5 Å². The molecule has 0 spiro atoms. The second kappa shape index (κ2) is 9.48. The Morgan fingerprint density at radius 1 is 1.16 bits per heavy atom. The summed E-state index contributed by atoms with van der Waals surface area (Å²) in [6, 6.07) is 9.89. The van der Waals surface area contributed by atoms with Gasteiger partial charge in [-0.15, -0.1) is 0 Å². The minimum Gasteiger partial charge on any atom is -0.489 e. The fourth-order valence-electron chi connectivity index (χ4n) is 5.13. The first-order valence-corrected chi connectivity index (χ1v) is 12.9. The van der Waals surface area contributed by atoms with E-state index < -0.39 is 11.2 Å². The number of aliphatic hydroxyl groups is 1. The summed E-state index contributed by atoms with van der Waals surface area (Å²) < 4.78 is 13.1. The van der Waals surface area contributed by atoms with Gasteiger partial charge in [0.05, 0.1) is 29.4 Å². The van der Waals surface area contributed by atoms with Crippen molar-refractivity contribution >= 4 is 17.4 Å². The zero-order valence-electron chi connectivity index (χ0n) is 22.5. The van der Waals surface area contributed by atoms with Crippen LogP contribution in [0.15, 0.2) is 36.7 Å². The van der Waals surface area contributed by atoms with Crippen molar-refractivity contribution in [1.82, 2.24) is 19.5 Å². The van der Waals surface area contributed by atoms with Gasteiger partial charge in [-0.05, 0) is 65.7 Å². The Hall–Kier alpha value is -3.84. The van der Waals surface area contributed by atoms with Crippen LogP contribution in [-0.4, -0.2) is 73.7 Å². The van der Waals surface area contributed by atoms with Gasteiger partial charge in [-0.2, -0.15) is 10.4 Å². The normalized spacial score (nSPS) is 19.5. The number of anilines is 1. The average Bonchev–Trinajstić information content (AvgIpc) is 3.38. The quantitative estimate of drug-likeness (QED) is 0.539. The van der Waals surface area contributed by atoms with Crippen molar-refractivity contribution in [3.05, 3.63) is 42.4 Å². The summed E-state index contributed by atoms with van der Waals surface area (Å²) in [5.41, 5.74) is 1.22. The summed E-state index contributed by atoms with van der Waals surface area (Å²) >= 11 is 0. The van der Waals surface area contributed by atoms with Crippen LogP contribution >= 0.6 is 0 Å². The van der Waals surface area contributed by atoms with E-state index >= 15 is 0 Å². The minimum atomic E-state index is -0.993.